The van der Waals surface area contributed by atoms with Crippen LogP contribution >= 0.6 is 11.6 Å². The normalized spacial score (nSPS) is 24.0. The SMILES string of the molecule is CCC(Cl)CCNCCC1CCCO1. The molecule has 1 heterocycles. The molecule has 1 aliphatic heterocycles. The van der Waals surface area contributed by atoms with Gasteiger partial charge in [-0.05, 0) is 45.2 Å². The van der Waals surface area contributed by atoms with Gasteiger partial charge in [0.25, 0.3) is 0 Å². The van der Waals surface area contributed by atoms with Gasteiger partial charge < -0.3 is 10.1 Å². The zero-order valence-corrected chi connectivity index (χ0v) is 9.85. The molecule has 2 nitrogen and oxygen atoms in total. The van der Waals surface area contributed by atoms with Gasteiger partial charge in [-0.2, -0.15) is 0 Å². The molecule has 84 valence electrons. The van der Waals surface area contributed by atoms with E-state index in [0.717, 1.165) is 39.0 Å². The summed E-state index contributed by atoms with van der Waals surface area (Å²) in [6, 6.07) is 0. The molecule has 3 heteroatoms. The van der Waals surface area contributed by atoms with E-state index < -0.39 is 0 Å². The molecule has 0 radical (unpaired) electrons. The number of alkyl halides is 1. The highest BCUT2D eigenvalue weighted by molar-refractivity contribution is 6.20. The van der Waals surface area contributed by atoms with Crippen LogP contribution in [-0.4, -0.2) is 31.2 Å². The van der Waals surface area contributed by atoms with Crippen molar-refractivity contribution in [1.82, 2.24) is 5.32 Å². The molecule has 0 aliphatic carbocycles. The first kappa shape index (κ1) is 12.3. The Hall–Kier alpha value is 0.210. The molecule has 0 aromatic rings. The van der Waals surface area contributed by atoms with Crippen molar-refractivity contribution in [3.8, 4) is 0 Å². The second-order valence-electron chi connectivity index (χ2n) is 3.97. The number of ether oxygens (including phenoxy) is 1. The third-order valence-corrected chi connectivity index (χ3v) is 3.27. The van der Waals surface area contributed by atoms with Gasteiger partial charge in [0.05, 0.1) is 6.10 Å². The van der Waals surface area contributed by atoms with Gasteiger partial charge in [0.1, 0.15) is 0 Å². The molecule has 2 atom stereocenters. The summed E-state index contributed by atoms with van der Waals surface area (Å²) in [5.41, 5.74) is 0. The summed E-state index contributed by atoms with van der Waals surface area (Å²) in [5, 5.41) is 3.75. The molecule has 0 spiro atoms. The van der Waals surface area contributed by atoms with E-state index in [1.54, 1.807) is 0 Å². The summed E-state index contributed by atoms with van der Waals surface area (Å²) in [7, 11) is 0. The Kier molecular flexibility index (Phi) is 6.57. The van der Waals surface area contributed by atoms with Crippen LogP contribution in [0.5, 0.6) is 0 Å². The highest BCUT2D eigenvalue weighted by Crippen LogP contribution is 2.14. The second kappa shape index (κ2) is 7.49. The number of nitrogens with one attached hydrogen (secondary N) is 1. The zero-order valence-electron chi connectivity index (χ0n) is 9.10. The Balaban J connectivity index is 1.84. The first-order valence-electron chi connectivity index (χ1n) is 5.79. The topological polar surface area (TPSA) is 21.3 Å². The van der Waals surface area contributed by atoms with Crippen molar-refractivity contribution in [1.29, 1.82) is 0 Å². The van der Waals surface area contributed by atoms with Gasteiger partial charge in [0.2, 0.25) is 0 Å². The quantitative estimate of drug-likeness (QED) is 0.525. The molecular formula is C11H22ClNO. The Morgan fingerprint density at radius 2 is 2.36 bits per heavy atom. The first-order valence-corrected chi connectivity index (χ1v) is 6.23. The third kappa shape index (κ3) is 5.18. The van der Waals surface area contributed by atoms with E-state index >= 15 is 0 Å². The predicted molar refractivity (Wildman–Crippen MR) is 61.0 cm³/mol. The maximum absolute atomic E-state index is 6.01. The average molecular weight is 220 g/mol. The lowest BCUT2D eigenvalue weighted by Crippen LogP contribution is -2.22. The van der Waals surface area contributed by atoms with Crippen molar-refractivity contribution >= 4 is 11.6 Å². The minimum Gasteiger partial charge on any atom is -0.378 e. The van der Waals surface area contributed by atoms with Crippen molar-refractivity contribution in [2.75, 3.05) is 19.7 Å². The Labute approximate surface area is 92.3 Å². The van der Waals surface area contributed by atoms with Crippen LogP contribution in [0.4, 0.5) is 0 Å². The number of halogens is 1. The molecule has 0 amide bonds. The largest absolute Gasteiger partial charge is 0.378 e. The van der Waals surface area contributed by atoms with Crippen LogP contribution < -0.4 is 5.32 Å². The van der Waals surface area contributed by atoms with Crippen molar-refractivity contribution < 1.29 is 4.74 Å². The maximum Gasteiger partial charge on any atom is 0.0588 e. The van der Waals surface area contributed by atoms with Crippen LogP contribution in [0.15, 0.2) is 0 Å². The molecule has 0 aromatic heterocycles. The number of hydrogen-bond acceptors (Lipinski definition) is 2. The van der Waals surface area contributed by atoms with E-state index in [9.17, 15) is 0 Å². The fraction of sp³-hybridized carbons (Fsp3) is 1.00. The monoisotopic (exact) mass is 219 g/mol. The Morgan fingerprint density at radius 3 is 3.00 bits per heavy atom. The summed E-state index contributed by atoms with van der Waals surface area (Å²) < 4.78 is 5.54. The van der Waals surface area contributed by atoms with E-state index in [-0.39, 0.29) is 0 Å². The molecule has 1 rings (SSSR count). The van der Waals surface area contributed by atoms with Gasteiger partial charge in [0.15, 0.2) is 0 Å². The molecule has 14 heavy (non-hydrogen) atoms. The van der Waals surface area contributed by atoms with Crippen molar-refractivity contribution in [2.24, 2.45) is 0 Å². The fourth-order valence-corrected chi connectivity index (χ4v) is 1.83. The smallest absolute Gasteiger partial charge is 0.0588 e. The van der Waals surface area contributed by atoms with E-state index in [1.807, 2.05) is 0 Å². The van der Waals surface area contributed by atoms with Crippen LogP contribution in [-0.2, 0) is 4.74 Å². The molecule has 1 saturated heterocycles. The fourth-order valence-electron chi connectivity index (χ4n) is 1.72. The van der Waals surface area contributed by atoms with Gasteiger partial charge in [-0.3, -0.25) is 0 Å². The van der Waals surface area contributed by atoms with Crippen molar-refractivity contribution in [3.05, 3.63) is 0 Å². The second-order valence-corrected chi connectivity index (χ2v) is 4.59. The predicted octanol–water partition coefficient (Wildman–Crippen LogP) is 2.55. The molecule has 0 bridgehead atoms. The van der Waals surface area contributed by atoms with Gasteiger partial charge >= 0.3 is 0 Å². The van der Waals surface area contributed by atoms with Gasteiger partial charge in [-0.15, -0.1) is 11.6 Å². The van der Waals surface area contributed by atoms with E-state index in [0.29, 0.717) is 11.5 Å². The summed E-state index contributed by atoms with van der Waals surface area (Å²) in [5.74, 6) is 0. The summed E-state index contributed by atoms with van der Waals surface area (Å²) in [6.45, 7) is 5.20. The standard InChI is InChI=1S/C11H22ClNO/c1-2-10(12)5-7-13-8-6-11-4-3-9-14-11/h10-11,13H,2-9H2,1H3. The Morgan fingerprint density at radius 1 is 1.50 bits per heavy atom. The number of rotatable bonds is 7. The van der Waals surface area contributed by atoms with Crippen LogP contribution in [0.2, 0.25) is 0 Å². The lowest BCUT2D eigenvalue weighted by Gasteiger charge is -2.11. The molecular weight excluding hydrogens is 198 g/mol. The van der Waals surface area contributed by atoms with Crippen LogP contribution in [0, 0.1) is 0 Å². The summed E-state index contributed by atoms with van der Waals surface area (Å²) >= 11 is 6.01. The highest BCUT2D eigenvalue weighted by atomic mass is 35.5. The summed E-state index contributed by atoms with van der Waals surface area (Å²) in [4.78, 5) is 0. The van der Waals surface area contributed by atoms with Crippen LogP contribution in [0.3, 0.4) is 0 Å². The maximum atomic E-state index is 6.01. The van der Waals surface area contributed by atoms with E-state index in [1.165, 1.54) is 12.8 Å². The summed E-state index contributed by atoms with van der Waals surface area (Å²) in [6.07, 6.45) is 6.29. The van der Waals surface area contributed by atoms with Gasteiger partial charge in [-0.1, -0.05) is 6.92 Å². The molecule has 1 N–H and O–H groups in total. The van der Waals surface area contributed by atoms with E-state index in [2.05, 4.69) is 12.2 Å². The number of hydrogen-bond donors (Lipinski definition) is 1. The molecule has 0 saturated carbocycles. The molecule has 1 aliphatic rings. The van der Waals surface area contributed by atoms with Gasteiger partial charge in [0, 0.05) is 12.0 Å². The van der Waals surface area contributed by atoms with Crippen LogP contribution in [0.25, 0.3) is 0 Å². The Bertz CT molecular complexity index is 137. The third-order valence-electron chi connectivity index (χ3n) is 2.74. The van der Waals surface area contributed by atoms with Gasteiger partial charge in [-0.25, -0.2) is 0 Å². The average Bonchev–Trinajstić information content (AvgIpc) is 2.69. The lowest BCUT2D eigenvalue weighted by molar-refractivity contribution is 0.104. The van der Waals surface area contributed by atoms with Crippen molar-refractivity contribution in [2.45, 2.75) is 50.5 Å². The minimum atomic E-state index is 0.338. The lowest BCUT2D eigenvalue weighted by atomic mass is 10.2. The minimum absolute atomic E-state index is 0.338. The van der Waals surface area contributed by atoms with Crippen LogP contribution in [0.1, 0.15) is 39.0 Å². The van der Waals surface area contributed by atoms with E-state index in [4.69, 9.17) is 16.3 Å². The zero-order chi connectivity index (χ0) is 10.2. The molecule has 2 unspecified atom stereocenters. The molecule has 0 aromatic carbocycles. The first-order chi connectivity index (χ1) is 6.83. The van der Waals surface area contributed by atoms with Crippen molar-refractivity contribution in [3.63, 3.8) is 0 Å². The highest BCUT2D eigenvalue weighted by Gasteiger charge is 2.14. The molecule has 1 fully saturated rings.